The van der Waals surface area contributed by atoms with Gasteiger partial charge in [-0.2, -0.15) is 0 Å². The molecule has 5 heteroatoms. The molecule has 1 aromatic heterocycles. The average Bonchev–Trinajstić information content (AvgIpc) is 2.70. The Morgan fingerprint density at radius 3 is 2.81 bits per heavy atom. The highest BCUT2D eigenvalue weighted by Gasteiger charge is 2.20. The Morgan fingerprint density at radius 2 is 2.19 bits per heavy atom. The van der Waals surface area contributed by atoms with Crippen molar-refractivity contribution in [2.45, 2.75) is 13.5 Å². The summed E-state index contributed by atoms with van der Waals surface area (Å²) >= 11 is 3.41. The SMILES string of the molecule is CCn1cc(Br)cc1C(=O)N1CCNCC1. The minimum Gasteiger partial charge on any atom is -0.343 e. The van der Waals surface area contributed by atoms with E-state index in [1.807, 2.05) is 28.7 Å². The van der Waals surface area contributed by atoms with Crippen molar-refractivity contribution in [3.63, 3.8) is 0 Å². The van der Waals surface area contributed by atoms with Crippen LogP contribution in [0.5, 0.6) is 0 Å². The maximum absolute atomic E-state index is 12.2. The molecular formula is C11H16BrN3O. The molecule has 0 bridgehead atoms. The van der Waals surface area contributed by atoms with Crippen molar-refractivity contribution in [3.05, 3.63) is 22.4 Å². The number of hydrogen-bond acceptors (Lipinski definition) is 2. The summed E-state index contributed by atoms with van der Waals surface area (Å²) in [4.78, 5) is 14.2. The van der Waals surface area contributed by atoms with E-state index in [0.29, 0.717) is 0 Å². The van der Waals surface area contributed by atoms with Gasteiger partial charge in [-0.3, -0.25) is 4.79 Å². The predicted octanol–water partition coefficient (Wildman–Crippen LogP) is 1.32. The second-order valence-corrected chi connectivity index (χ2v) is 4.79. The molecule has 1 aliphatic rings. The molecule has 0 aromatic carbocycles. The standard InChI is InChI=1S/C11H16BrN3O/c1-2-14-8-9(12)7-10(14)11(16)15-5-3-13-4-6-15/h7-8,13H,2-6H2,1H3. The first kappa shape index (κ1) is 11.7. The van der Waals surface area contributed by atoms with Crippen LogP contribution in [0, 0.1) is 0 Å². The molecule has 1 fully saturated rings. The van der Waals surface area contributed by atoms with Crippen molar-refractivity contribution in [2.75, 3.05) is 26.2 Å². The van der Waals surface area contributed by atoms with Gasteiger partial charge < -0.3 is 14.8 Å². The Labute approximate surface area is 104 Å². The minimum atomic E-state index is 0.133. The fourth-order valence-corrected chi connectivity index (χ4v) is 2.41. The van der Waals surface area contributed by atoms with Gasteiger partial charge in [-0.25, -0.2) is 0 Å². The van der Waals surface area contributed by atoms with Gasteiger partial charge in [-0.15, -0.1) is 0 Å². The molecule has 1 saturated heterocycles. The highest BCUT2D eigenvalue weighted by molar-refractivity contribution is 9.10. The zero-order valence-corrected chi connectivity index (χ0v) is 11.0. The molecule has 0 aliphatic carbocycles. The number of aromatic nitrogens is 1. The maximum atomic E-state index is 12.2. The zero-order chi connectivity index (χ0) is 11.5. The molecule has 0 saturated carbocycles. The third-order valence-electron chi connectivity index (χ3n) is 2.83. The number of amides is 1. The number of halogens is 1. The van der Waals surface area contributed by atoms with Crippen molar-refractivity contribution < 1.29 is 4.79 Å². The Balaban J connectivity index is 2.18. The number of piperazine rings is 1. The van der Waals surface area contributed by atoms with Gasteiger partial charge >= 0.3 is 0 Å². The summed E-state index contributed by atoms with van der Waals surface area (Å²) in [6.45, 7) is 6.23. The van der Waals surface area contributed by atoms with E-state index in [9.17, 15) is 4.79 Å². The van der Waals surface area contributed by atoms with Crippen LogP contribution in [0.3, 0.4) is 0 Å². The molecule has 2 rings (SSSR count). The molecule has 4 nitrogen and oxygen atoms in total. The van der Waals surface area contributed by atoms with Gasteiger partial charge in [0, 0.05) is 43.4 Å². The van der Waals surface area contributed by atoms with Gasteiger partial charge in [0.05, 0.1) is 0 Å². The van der Waals surface area contributed by atoms with Crippen LogP contribution in [0.2, 0.25) is 0 Å². The summed E-state index contributed by atoms with van der Waals surface area (Å²) in [6.07, 6.45) is 1.95. The number of carbonyl (C=O) groups is 1. The fraction of sp³-hybridized carbons (Fsp3) is 0.545. The van der Waals surface area contributed by atoms with Gasteiger partial charge in [0.25, 0.3) is 5.91 Å². The summed E-state index contributed by atoms with van der Waals surface area (Å²) < 4.78 is 2.95. The molecule has 2 heterocycles. The van der Waals surface area contributed by atoms with E-state index in [1.165, 1.54) is 0 Å². The Bertz CT molecular complexity index is 383. The van der Waals surface area contributed by atoms with Crippen LogP contribution >= 0.6 is 15.9 Å². The number of aryl methyl sites for hydroxylation is 1. The van der Waals surface area contributed by atoms with Gasteiger partial charge in [0.2, 0.25) is 0 Å². The Morgan fingerprint density at radius 1 is 1.50 bits per heavy atom. The van der Waals surface area contributed by atoms with Crippen LogP contribution < -0.4 is 5.32 Å². The van der Waals surface area contributed by atoms with Crippen LogP contribution in [0.4, 0.5) is 0 Å². The number of carbonyl (C=O) groups excluding carboxylic acids is 1. The Kier molecular flexibility index (Phi) is 3.66. The van der Waals surface area contributed by atoms with Gasteiger partial charge in [-0.1, -0.05) is 0 Å². The van der Waals surface area contributed by atoms with Crippen molar-refractivity contribution in [3.8, 4) is 0 Å². The quantitative estimate of drug-likeness (QED) is 0.890. The predicted molar refractivity (Wildman–Crippen MR) is 66.6 cm³/mol. The first-order valence-electron chi connectivity index (χ1n) is 5.58. The second-order valence-electron chi connectivity index (χ2n) is 3.87. The number of rotatable bonds is 2. The topological polar surface area (TPSA) is 37.3 Å². The van der Waals surface area contributed by atoms with Crippen LogP contribution in [0.15, 0.2) is 16.7 Å². The molecule has 1 N–H and O–H groups in total. The molecule has 0 atom stereocenters. The van der Waals surface area contributed by atoms with Crippen molar-refractivity contribution >= 4 is 21.8 Å². The maximum Gasteiger partial charge on any atom is 0.270 e. The third-order valence-corrected chi connectivity index (χ3v) is 3.26. The summed E-state index contributed by atoms with van der Waals surface area (Å²) in [5.41, 5.74) is 0.774. The molecular weight excluding hydrogens is 270 g/mol. The third kappa shape index (κ3) is 2.30. The number of hydrogen-bond donors (Lipinski definition) is 1. The van der Waals surface area contributed by atoms with Crippen LogP contribution in [-0.2, 0) is 6.54 Å². The summed E-state index contributed by atoms with van der Waals surface area (Å²) in [5, 5.41) is 3.24. The van der Waals surface area contributed by atoms with Crippen LogP contribution in [-0.4, -0.2) is 41.6 Å². The van der Waals surface area contributed by atoms with Crippen molar-refractivity contribution in [1.29, 1.82) is 0 Å². The first-order valence-corrected chi connectivity index (χ1v) is 6.37. The molecule has 0 unspecified atom stereocenters. The smallest absolute Gasteiger partial charge is 0.270 e. The van der Waals surface area contributed by atoms with Crippen LogP contribution in [0.25, 0.3) is 0 Å². The molecule has 0 spiro atoms. The molecule has 0 radical (unpaired) electrons. The van der Waals surface area contributed by atoms with E-state index in [1.54, 1.807) is 0 Å². The largest absolute Gasteiger partial charge is 0.343 e. The van der Waals surface area contributed by atoms with E-state index < -0.39 is 0 Å². The average molecular weight is 286 g/mol. The summed E-state index contributed by atoms with van der Waals surface area (Å²) in [5.74, 6) is 0.133. The first-order chi connectivity index (χ1) is 7.72. The molecule has 88 valence electrons. The van der Waals surface area contributed by atoms with E-state index in [0.717, 1.165) is 42.9 Å². The highest BCUT2D eigenvalue weighted by Crippen LogP contribution is 2.16. The molecule has 1 aliphatic heterocycles. The van der Waals surface area contributed by atoms with Gasteiger partial charge in [0.15, 0.2) is 0 Å². The second kappa shape index (κ2) is 5.01. The van der Waals surface area contributed by atoms with Crippen molar-refractivity contribution in [1.82, 2.24) is 14.8 Å². The molecule has 1 amide bonds. The minimum absolute atomic E-state index is 0.133. The normalized spacial score (nSPS) is 16.5. The van der Waals surface area contributed by atoms with Crippen molar-refractivity contribution in [2.24, 2.45) is 0 Å². The fourth-order valence-electron chi connectivity index (χ4n) is 1.95. The lowest BCUT2D eigenvalue weighted by atomic mass is 10.3. The van der Waals surface area contributed by atoms with E-state index in [-0.39, 0.29) is 5.91 Å². The molecule has 16 heavy (non-hydrogen) atoms. The highest BCUT2D eigenvalue weighted by atomic mass is 79.9. The monoisotopic (exact) mass is 285 g/mol. The molecule has 1 aromatic rings. The summed E-state index contributed by atoms with van der Waals surface area (Å²) in [6, 6.07) is 1.90. The number of nitrogens with one attached hydrogen (secondary N) is 1. The van der Waals surface area contributed by atoms with E-state index >= 15 is 0 Å². The number of nitrogens with zero attached hydrogens (tertiary/aromatic N) is 2. The van der Waals surface area contributed by atoms with Gasteiger partial charge in [0.1, 0.15) is 5.69 Å². The lowest BCUT2D eigenvalue weighted by molar-refractivity contribution is 0.0725. The van der Waals surface area contributed by atoms with E-state index in [2.05, 4.69) is 21.2 Å². The lowest BCUT2D eigenvalue weighted by Crippen LogP contribution is -2.46. The summed E-state index contributed by atoms with van der Waals surface area (Å²) in [7, 11) is 0. The van der Waals surface area contributed by atoms with E-state index in [4.69, 9.17) is 0 Å². The lowest BCUT2D eigenvalue weighted by Gasteiger charge is -2.27. The Hall–Kier alpha value is -0.810. The van der Waals surface area contributed by atoms with Crippen LogP contribution in [0.1, 0.15) is 17.4 Å². The zero-order valence-electron chi connectivity index (χ0n) is 9.37. The van der Waals surface area contributed by atoms with Gasteiger partial charge in [-0.05, 0) is 28.9 Å².